The average Bonchev–Trinajstić information content (AvgIpc) is 2.85. The highest BCUT2D eigenvalue weighted by Crippen LogP contribution is 2.20. The standard InChI is InChI=1S/C13H14FN3O2S/c1-8(2)12-16-17-13(19-12)20-7-11(18)15-10-5-3-4-9(14)6-10/h3-6,8H,7H2,1-2H3,(H,15,18). The molecule has 5 nitrogen and oxygen atoms in total. The van der Waals surface area contributed by atoms with Gasteiger partial charge in [0.1, 0.15) is 5.82 Å². The molecular weight excluding hydrogens is 281 g/mol. The first-order valence-electron chi connectivity index (χ1n) is 6.06. The largest absolute Gasteiger partial charge is 0.416 e. The lowest BCUT2D eigenvalue weighted by Gasteiger charge is -2.03. The van der Waals surface area contributed by atoms with Crippen molar-refractivity contribution in [3.8, 4) is 0 Å². The van der Waals surface area contributed by atoms with E-state index in [0.29, 0.717) is 16.8 Å². The summed E-state index contributed by atoms with van der Waals surface area (Å²) in [5, 5.41) is 10.7. The third-order valence-corrected chi connectivity index (χ3v) is 3.17. The van der Waals surface area contributed by atoms with Crippen LogP contribution in [-0.4, -0.2) is 21.9 Å². The summed E-state index contributed by atoms with van der Waals surface area (Å²) < 4.78 is 18.3. The second kappa shape index (κ2) is 6.51. The zero-order chi connectivity index (χ0) is 14.5. The van der Waals surface area contributed by atoms with Gasteiger partial charge in [-0.15, -0.1) is 10.2 Å². The number of nitrogens with zero attached hydrogens (tertiary/aromatic N) is 2. The van der Waals surface area contributed by atoms with Crippen LogP contribution >= 0.6 is 11.8 Å². The molecule has 106 valence electrons. The molecule has 0 aliphatic carbocycles. The summed E-state index contributed by atoms with van der Waals surface area (Å²) >= 11 is 1.14. The maximum absolute atomic E-state index is 13.0. The van der Waals surface area contributed by atoms with E-state index >= 15 is 0 Å². The molecule has 20 heavy (non-hydrogen) atoms. The van der Waals surface area contributed by atoms with E-state index in [-0.39, 0.29) is 17.6 Å². The number of halogens is 1. The molecule has 0 aliphatic heterocycles. The highest BCUT2D eigenvalue weighted by atomic mass is 32.2. The monoisotopic (exact) mass is 295 g/mol. The molecule has 0 bridgehead atoms. The number of nitrogens with one attached hydrogen (secondary N) is 1. The lowest BCUT2D eigenvalue weighted by atomic mass is 10.2. The molecule has 1 aromatic heterocycles. The van der Waals surface area contributed by atoms with Gasteiger partial charge >= 0.3 is 0 Å². The molecular formula is C13H14FN3O2S. The van der Waals surface area contributed by atoms with Gasteiger partial charge in [0, 0.05) is 11.6 Å². The van der Waals surface area contributed by atoms with Gasteiger partial charge in [0.2, 0.25) is 11.8 Å². The summed E-state index contributed by atoms with van der Waals surface area (Å²) in [6.45, 7) is 3.89. The third-order valence-electron chi connectivity index (χ3n) is 2.35. The Bertz CT molecular complexity index is 601. The fourth-order valence-corrected chi connectivity index (χ4v) is 1.97. The molecule has 1 amide bonds. The summed E-state index contributed by atoms with van der Waals surface area (Å²) in [6.07, 6.45) is 0. The van der Waals surface area contributed by atoms with Crippen molar-refractivity contribution in [2.45, 2.75) is 25.0 Å². The molecule has 1 N–H and O–H groups in total. The van der Waals surface area contributed by atoms with Crippen molar-refractivity contribution in [1.29, 1.82) is 0 Å². The molecule has 0 aliphatic rings. The quantitative estimate of drug-likeness (QED) is 0.859. The molecule has 0 radical (unpaired) electrons. The summed E-state index contributed by atoms with van der Waals surface area (Å²) in [7, 11) is 0. The Morgan fingerprint density at radius 1 is 1.45 bits per heavy atom. The number of hydrogen-bond acceptors (Lipinski definition) is 5. The van der Waals surface area contributed by atoms with Gasteiger partial charge < -0.3 is 9.73 Å². The first kappa shape index (κ1) is 14.5. The molecule has 7 heteroatoms. The highest BCUT2D eigenvalue weighted by Gasteiger charge is 2.12. The van der Waals surface area contributed by atoms with Gasteiger partial charge in [-0.1, -0.05) is 31.7 Å². The Morgan fingerprint density at radius 3 is 2.90 bits per heavy atom. The van der Waals surface area contributed by atoms with Gasteiger partial charge in [-0.2, -0.15) is 0 Å². The van der Waals surface area contributed by atoms with Crippen molar-refractivity contribution < 1.29 is 13.6 Å². The molecule has 0 atom stereocenters. The van der Waals surface area contributed by atoms with Gasteiger partial charge in [0.25, 0.3) is 5.22 Å². The molecule has 0 saturated carbocycles. The van der Waals surface area contributed by atoms with Crippen LogP contribution in [0, 0.1) is 5.82 Å². The van der Waals surface area contributed by atoms with E-state index in [1.165, 1.54) is 18.2 Å². The van der Waals surface area contributed by atoms with Crippen LogP contribution in [0.2, 0.25) is 0 Å². The first-order chi connectivity index (χ1) is 9.54. The van der Waals surface area contributed by atoms with E-state index < -0.39 is 5.82 Å². The number of aromatic nitrogens is 2. The fraction of sp³-hybridized carbons (Fsp3) is 0.308. The predicted molar refractivity (Wildman–Crippen MR) is 74.1 cm³/mol. The van der Waals surface area contributed by atoms with E-state index in [0.717, 1.165) is 11.8 Å². The van der Waals surface area contributed by atoms with Gasteiger partial charge in [-0.05, 0) is 18.2 Å². The maximum Gasteiger partial charge on any atom is 0.277 e. The molecule has 0 fully saturated rings. The second-order valence-electron chi connectivity index (χ2n) is 4.41. The summed E-state index contributed by atoms with van der Waals surface area (Å²) in [4.78, 5) is 11.7. The number of rotatable bonds is 5. The topological polar surface area (TPSA) is 68.0 Å². The number of benzene rings is 1. The van der Waals surface area contributed by atoms with Crippen LogP contribution in [0.15, 0.2) is 33.9 Å². The Balaban J connectivity index is 1.85. The molecule has 1 heterocycles. The van der Waals surface area contributed by atoms with Crippen LogP contribution in [0.1, 0.15) is 25.7 Å². The Labute approximate surface area is 120 Å². The van der Waals surface area contributed by atoms with E-state index in [2.05, 4.69) is 15.5 Å². The van der Waals surface area contributed by atoms with Crippen molar-refractivity contribution in [3.63, 3.8) is 0 Å². The van der Waals surface area contributed by atoms with Crippen LogP contribution in [-0.2, 0) is 4.79 Å². The SMILES string of the molecule is CC(C)c1nnc(SCC(=O)Nc2cccc(F)c2)o1. The first-order valence-corrected chi connectivity index (χ1v) is 7.05. The van der Waals surface area contributed by atoms with Crippen molar-refractivity contribution in [1.82, 2.24) is 10.2 Å². The van der Waals surface area contributed by atoms with E-state index in [9.17, 15) is 9.18 Å². The number of amides is 1. The van der Waals surface area contributed by atoms with Gasteiger partial charge in [-0.25, -0.2) is 4.39 Å². The maximum atomic E-state index is 13.0. The predicted octanol–water partition coefficient (Wildman–Crippen LogP) is 3.06. The van der Waals surface area contributed by atoms with Crippen molar-refractivity contribution in [2.75, 3.05) is 11.1 Å². The van der Waals surface area contributed by atoms with Crippen LogP contribution in [0.3, 0.4) is 0 Å². The van der Waals surface area contributed by atoms with Crippen LogP contribution in [0.25, 0.3) is 0 Å². The molecule has 0 saturated heterocycles. The summed E-state index contributed by atoms with van der Waals surface area (Å²) in [5.41, 5.74) is 0.420. The van der Waals surface area contributed by atoms with Crippen molar-refractivity contribution in [2.24, 2.45) is 0 Å². The highest BCUT2D eigenvalue weighted by molar-refractivity contribution is 7.99. The fourth-order valence-electron chi connectivity index (χ4n) is 1.40. The zero-order valence-corrected chi connectivity index (χ0v) is 11.9. The Morgan fingerprint density at radius 2 is 2.25 bits per heavy atom. The molecule has 0 spiro atoms. The lowest BCUT2D eigenvalue weighted by Crippen LogP contribution is -2.14. The van der Waals surface area contributed by atoms with E-state index in [1.807, 2.05) is 13.8 Å². The second-order valence-corrected chi connectivity index (χ2v) is 5.33. The lowest BCUT2D eigenvalue weighted by molar-refractivity contribution is -0.113. The third kappa shape index (κ3) is 4.06. The van der Waals surface area contributed by atoms with E-state index in [4.69, 9.17) is 4.42 Å². The van der Waals surface area contributed by atoms with Crippen molar-refractivity contribution in [3.05, 3.63) is 36.0 Å². The summed E-state index contributed by atoms with van der Waals surface area (Å²) in [5.74, 6) is 0.158. The molecule has 1 aromatic carbocycles. The van der Waals surface area contributed by atoms with Crippen molar-refractivity contribution >= 4 is 23.4 Å². The smallest absolute Gasteiger partial charge is 0.277 e. The number of carbonyl (C=O) groups excluding carboxylic acids is 1. The number of thioether (sulfide) groups is 1. The minimum absolute atomic E-state index is 0.121. The molecule has 2 aromatic rings. The number of hydrogen-bond donors (Lipinski definition) is 1. The summed E-state index contributed by atoms with van der Waals surface area (Å²) in [6, 6.07) is 5.72. The normalized spacial score (nSPS) is 10.8. The van der Waals surface area contributed by atoms with Crippen LogP contribution < -0.4 is 5.32 Å². The van der Waals surface area contributed by atoms with Gasteiger partial charge in [0.05, 0.1) is 5.75 Å². The van der Waals surface area contributed by atoms with Gasteiger partial charge in [0.15, 0.2) is 0 Å². The average molecular weight is 295 g/mol. The Hall–Kier alpha value is -1.89. The molecule has 0 unspecified atom stereocenters. The minimum Gasteiger partial charge on any atom is -0.416 e. The minimum atomic E-state index is -0.395. The Kier molecular flexibility index (Phi) is 4.73. The number of anilines is 1. The van der Waals surface area contributed by atoms with Gasteiger partial charge in [-0.3, -0.25) is 4.79 Å². The van der Waals surface area contributed by atoms with Crippen LogP contribution in [0.5, 0.6) is 0 Å². The number of carbonyl (C=O) groups is 1. The van der Waals surface area contributed by atoms with Crippen LogP contribution in [0.4, 0.5) is 10.1 Å². The molecule has 2 rings (SSSR count). The zero-order valence-electron chi connectivity index (χ0n) is 11.1. The van der Waals surface area contributed by atoms with E-state index in [1.54, 1.807) is 6.07 Å².